The van der Waals surface area contributed by atoms with Gasteiger partial charge >= 0.3 is 0 Å². The summed E-state index contributed by atoms with van der Waals surface area (Å²) in [5.74, 6) is 1.07. The second-order valence-electron chi connectivity index (χ2n) is 4.52. The van der Waals surface area contributed by atoms with E-state index in [1.54, 1.807) is 12.1 Å². The lowest BCUT2D eigenvalue weighted by atomic mass is 10.1. The largest absolute Gasteiger partial charge is 0.494 e. The third-order valence-corrected chi connectivity index (χ3v) is 2.98. The van der Waals surface area contributed by atoms with Gasteiger partial charge in [-0.05, 0) is 49.6 Å². The summed E-state index contributed by atoms with van der Waals surface area (Å²) in [7, 11) is 0. The molecule has 0 fully saturated rings. The molecular formula is C16H19NO3. The van der Waals surface area contributed by atoms with Crippen LogP contribution in [0.1, 0.15) is 28.6 Å². The predicted molar refractivity (Wildman–Crippen MR) is 77.1 cm³/mol. The Morgan fingerprint density at radius 3 is 2.85 bits per heavy atom. The Morgan fingerprint density at radius 1 is 1.35 bits per heavy atom. The molecule has 0 spiro atoms. The Bertz CT molecular complexity index is 561. The minimum absolute atomic E-state index is 0.183. The lowest BCUT2D eigenvalue weighted by Gasteiger charge is -2.09. The van der Waals surface area contributed by atoms with Gasteiger partial charge in [0, 0.05) is 6.54 Å². The summed E-state index contributed by atoms with van der Waals surface area (Å²) in [4.78, 5) is 11.7. The number of amides is 1. The van der Waals surface area contributed by atoms with Crippen molar-refractivity contribution in [3.8, 4) is 5.75 Å². The highest BCUT2D eigenvalue weighted by molar-refractivity contribution is 5.91. The lowest BCUT2D eigenvalue weighted by Crippen LogP contribution is -2.25. The molecule has 0 bridgehead atoms. The number of benzene rings is 1. The van der Waals surface area contributed by atoms with E-state index in [0.29, 0.717) is 18.9 Å². The van der Waals surface area contributed by atoms with Crippen LogP contribution >= 0.6 is 0 Å². The quantitative estimate of drug-likeness (QED) is 0.880. The molecule has 0 unspecified atom stereocenters. The fraction of sp³-hybridized carbons (Fsp3) is 0.312. The first-order valence-electron chi connectivity index (χ1n) is 6.74. The summed E-state index contributed by atoms with van der Waals surface area (Å²) in [5, 5.41) is 2.83. The van der Waals surface area contributed by atoms with E-state index < -0.39 is 0 Å². The summed E-state index contributed by atoms with van der Waals surface area (Å²) in [6.45, 7) is 5.24. The van der Waals surface area contributed by atoms with Crippen LogP contribution in [-0.4, -0.2) is 19.1 Å². The molecule has 1 aromatic carbocycles. The molecule has 0 aliphatic rings. The van der Waals surface area contributed by atoms with Gasteiger partial charge in [0.1, 0.15) is 5.75 Å². The topological polar surface area (TPSA) is 51.5 Å². The van der Waals surface area contributed by atoms with Crippen molar-refractivity contribution in [2.45, 2.75) is 20.3 Å². The second kappa shape index (κ2) is 6.80. The van der Waals surface area contributed by atoms with Gasteiger partial charge in [-0.2, -0.15) is 0 Å². The van der Waals surface area contributed by atoms with Crippen molar-refractivity contribution in [1.29, 1.82) is 0 Å². The maximum Gasteiger partial charge on any atom is 0.286 e. The van der Waals surface area contributed by atoms with E-state index in [0.717, 1.165) is 17.7 Å². The Hall–Kier alpha value is -2.23. The third kappa shape index (κ3) is 3.63. The standard InChI is InChI=1S/C16H19NO3/c1-3-19-14-7-6-13(11-12(14)2)8-9-17-16(18)15-5-4-10-20-15/h4-7,10-11H,3,8-9H2,1-2H3,(H,17,18). The van der Waals surface area contributed by atoms with E-state index in [2.05, 4.69) is 11.4 Å². The third-order valence-electron chi connectivity index (χ3n) is 2.98. The molecule has 2 aromatic rings. The first-order chi connectivity index (χ1) is 9.70. The maximum atomic E-state index is 11.7. The Labute approximate surface area is 118 Å². The fourth-order valence-electron chi connectivity index (χ4n) is 2.00. The number of carbonyl (C=O) groups is 1. The molecule has 20 heavy (non-hydrogen) atoms. The van der Waals surface area contributed by atoms with Gasteiger partial charge in [-0.3, -0.25) is 4.79 Å². The minimum atomic E-state index is -0.183. The summed E-state index contributed by atoms with van der Waals surface area (Å²) in [6.07, 6.45) is 2.27. The summed E-state index contributed by atoms with van der Waals surface area (Å²) in [6, 6.07) is 9.44. The molecule has 0 saturated carbocycles. The van der Waals surface area contributed by atoms with E-state index >= 15 is 0 Å². The van der Waals surface area contributed by atoms with Crippen LogP contribution in [-0.2, 0) is 6.42 Å². The average molecular weight is 273 g/mol. The number of hydrogen-bond acceptors (Lipinski definition) is 3. The molecule has 0 radical (unpaired) electrons. The van der Waals surface area contributed by atoms with Crippen molar-refractivity contribution in [2.75, 3.05) is 13.2 Å². The van der Waals surface area contributed by atoms with Crippen LogP contribution in [0.2, 0.25) is 0 Å². The van der Waals surface area contributed by atoms with Crippen molar-refractivity contribution in [3.63, 3.8) is 0 Å². The minimum Gasteiger partial charge on any atom is -0.494 e. The molecule has 0 aliphatic heterocycles. The van der Waals surface area contributed by atoms with Crippen LogP contribution in [0.4, 0.5) is 0 Å². The monoisotopic (exact) mass is 273 g/mol. The van der Waals surface area contributed by atoms with Gasteiger partial charge in [0.05, 0.1) is 12.9 Å². The van der Waals surface area contributed by atoms with Crippen molar-refractivity contribution in [2.24, 2.45) is 0 Å². The van der Waals surface area contributed by atoms with Crippen LogP contribution in [0, 0.1) is 6.92 Å². The van der Waals surface area contributed by atoms with E-state index in [4.69, 9.17) is 9.15 Å². The van der Waals surface area contributed by atoms with Gasteiger partial charge in [-0.1, -0.05) is 12.1 Å². The Balaban J connectivity index is 1.85. The van der Waals surface area contributed by atoms with Crippen molar-refractivity contribution in [1.82, 2.24) is 5.32 Å². The predicted octanol–water partition coefficient (Wildman–Crippen LogP) is 2.96. The zero-order chi connectivity index (χ0) is 14.4. The van der Waals surface area contributed by atoms with Gasteiger partial charge < -0.3 is 14.5 Å². The van der Waals surface area contributed by atoms with E-state index in [1.165, 1.54) is 11.8 Å². The molecule has 1 heterocycles. The van der Waals surface area contributed by atoms with Crippen LogP contribution in [0.15, 0.2) is 41.0 Å². The summed E-state index contributed by atoms with van der Waals surface area (Å²) in [5.41, 5.74) is 2.28. The average Bonchev–Trinajstić information content (AvgIpc) is 2.96. The molecule has 2 rings (SSSR count). The van der Waals surface area contributed by atoms with Crippen molar-refractivity contribution < 1.29 is 13.9 Å². The molecule has 0 saturated heterocycles. The molecule has 106 valence electrons. The number of aryl methyl sites for hydroxylation is 1. The summed E-state index contributed by atoms with van der Waals surface area (Å²) >= 11 is 0. The zero-order valence-electron chi connectivity index (χ0n) is 11.8. The number of hydrogen-bond donors (Lipinski definition) is 1. The van der Waals surface area contributed by atoms with Crippen molar-refractivity contribution >= 4 is 5.91 Å². The number of nitrogens with one attached hydrogen (secondary N) is 1. The van der Waals surface area contributed by atoms with Gasteiger partial charge in [-0.15, -0.1) is 0 Å². The van der Waals surface area contributed by atoms with Gasteiger partial charge in [-0.25, -0.2) is 0 Å². The van der Waals surface area contributed by atoms with Crippen LogP contribution in [0.3, 0.4) is 0 Å². The molecule has 1 aromatic heterocycles. The van der Waals surface area contributed by atoms with Gasteiger partial charge in [0.25, 0.3) is 5.91 Å². The van der Waals surface area contributed by atoms with Crippen LogP contribution in [0.25, 0.3) is 0 Å². The van der Waals surface area contributed by atoms with Crippen molar-refractivity contribution in [3.05, 3.63) is 53.5 Å². The van der Waals surface area contributed by atoms with E-state index in [1.807, 2.05) is 26.0 Å². The molecule has 1 N–H and O–H groups in total. The number of ether oxygens (including phenoxy) is 1. The number of rotatable bonds is 6. The number of carbonyl (C=O) groups excluding carboxylic acids is 1. The highest BCUT2D eigenvalue weighted by atomic mass is 16.5. The van der Waals surface area contributed by atoms with E-state index in [9.17, 15) is 4.79 Å². The highest BCUT2D eigenvalue weighted by Crippen LogP contribution is 2.19. The number of furan rings is 1. The molecule has 0 aliphatic carbocycles. The highest BCUT2D eigenvalue weighted by Gasteiger charge is 2.07. The molecule has 4 nitrogen and oxygen atoms in total. The second-order valence-corrected chi connectivity index (χ2v) is 4.52. The fourth-order valence-corrected chi connectivity index (χ4v) is 2.00. The van der Waals surface area contributed by atoms with Gasteiger partial charge in [0.15, 0.2) is 5.76 Å². The smallest absolute Gasteiger partial charge is 0.286 e. The van der Waals surface area contributed by atoms with Crippen LogP contribution < -0.4 is 10.1 Å². The SMILES string of the molecule is CCOc1ccc(CCNC(=O)c2ccco2)cc1C. The molecule has 0 atom stereocenters. The Kier molecular flexibility index (Phi) is 4.82. The first kappa shape index (κ1) is 14.2. The summed E-state index contributed by atoms with van der Waals surface area (Å²) < 4.78 is 10.5. The molecule has 4 heteroatoms. The lowest BCUT2D eigenvalue weighted by molar-refractivity contribution is 0.0926. The Morgan fingerprint density at radius 2 is 2.20 bits per heavy atom. The van der Waals surface area contributed by atoms with Gasteiger partial charge in [0.2, 0.25) is 0 Å². The normalized spacial score (nSPS) is 10.3. The molecule has 1 amide bonds. The zero-order valence-corrected chi connectivity index (χ0v) is 11.8. The van der Waals surface area contributed by atoms with E-state index in [-0.39, 0.29) is 5.91 Å². The maximum absolute atomic E-state index is 11.7. The first-order valence-corrected chi connectivity index (χ1v) is 6.74. The van der Waals surface area contributed by atoms with Crippen LogP contribution in [0.5, 0.6) is 5.75 Å². The molecular weight excluding hydrogens is 254 g/mol.